The number of benzene rings is 1. The summed E-state index contributed by atoms with van der Waals surface area (Å²) in [6, 6.07) is 7.59. The summed E-state index contributed by atoms with van der Waals surface area (Å²) in [4.78, 5) is 28.6. The zero-order valence-electron chi connectivity index (χ0n) is 16.9. The first-order valence-corrected chi connectivity index (χ1v) is 10.8. The Hall–Kier alpha value is -2.63. The minimum absolute atomic E-state index is 0.00125. The lowest BCUT2D eigenvalue weighted by atomic mass is 9.73. The van der Waals surface area contributed by atoms with Crippen LogP contribution < -0.4 is 5.32 Å². The first-order chi connectivity index (χ1) is 14.1. The van der Waals surface area contributed by atoms with E-state index in [1.165, 1.54) is 25.7 Å². The Kier molecular flexibility index (Phi) is 4.45. The molecule has 2 unspecified atom stereocenters. The SMILES string of the molecule is Cn1cc(C2N(C(=O)CCC3CCCC3)CCC23C(=O)Nc2ccccc23)cn1. The van der Waals surface area contributed by atoms with Gasteiger partial charge in [-0.1, -0.05) is 43.9 Å². The summed E-state index contributed by atoms with van der Waals surface area (Å²) in [6.45, 7) is 0.602. The van der Waals surface area contributed by atoms with Crippen LogP contribution in [0.25, 0.3) is 0 Å². The highest BCUT2D eigenvalue weighted by molar-refractivity contribution is 6.07. The molecule has 152 valence electrons. The van der Waals surface area contributed by atoms with Crippen molar-refractivity contribution in [1.82, 2.24) is 14.7 Å². The minimum atomic E-state index is -0.733. The molecule has 2 aromatic rings. The summed E-state index contributed by atoms with van der Waals surface area (Å²) >= 11 is 0. The van der Waals surface area contributed by atoms with Crippen LogP contribution in [0.2, 0.25) is 0 Å². The number of hydrogen-bond acceptors (Lipinski definition) is 3. The van der Waals surface area contributed by atoms with Crippen molar-refractivity contribution in [3.05, 3.63) is 47.8 Å². The molecule has 1 aromatic carbocycles. The van der Waals surface area contributed by atoms with Crippen molar-refractivity contribution in [2.75, 3.05) is 11.9 Å². The van der Waals surface area contributed by atoms with E-state index in [-0.39, 0.29) is 17.9 Å². The van der Waals surface area contributed by atoms with Crippen molar-refractivity contribution in [1.29, 1.82) is 0 Å². The van der Waals surface area contributed by atoms with Crippen LogP contribution in [-0.4, -0.2) is 33.0 Å². The van der Waals surface area contributed by atoms with Gasteiger partial charge in [-0.05, 0) is 30.4 Å². The summed E-state index contributed by atoms with van der Waals surface area (Å²) in [5.41, 5.74) is 2.07. The van der Waals surface area contributed by atoms with Gasteiger partial charge in [0.1, 0.15) is 5.41 Å². The second kappa shape index (κ2) is 7.01. The van der Waals surface area contributed by atoms with Crippen molar-refractivity contribution < 1.29 is 9.59 Å². The number of hydrogen-bond donors (Lipinski definition) is 1. The fraction of sp³-hybridized carbons (Fsp3) is 0.522. The van der Waals surface area contributed by atoms with Gasteiger partial charge >= 0.3 is 0 Å². The van der Waals surface area contributed by atoms with Crippen LogP contribution in [0, 0.1) is 5.92 Å². The largest absolute Gasteiger partial charge is 0.334 e. The summed E-state index contributed by atoms with van der Waals surface area (Å²) in [5.74, 6) is 0.848. The fourth-order valence-electron chi connectivity index (χ4n) is 5.77. The van der Waals surface area contributed by atoms with Crippen molar-refractivity contribution in [2.45, 2.75) is 56.4 Å². The number of nitrogens with zero attached hydrogens (tertiary/aromatic N) is 3. The van der Waals surface area contributed by atoms with Crippen LogP contribution in [0.5, 0.6) is 0 Å². The number of para-hydroxylation sites is 1. The van der Waals surface area contributed by atoms with E-state index in [1.807, 2.05) is 48.6 Å². The highest BCUT2D eigenvalue weighted by Gasteiger charge is 2.59. The van der Waals surface area contributed by atoms with E-state index in [4.69, 9.17) is 0 Å². The van der Waals surface area contributed by atoms with Crippen LogP contribution in [0.15, 0.2) is 36.7 Å². The number of carbonyl (C=O) groups is 2. The number of fused-ring (bicyclic) bond motifs is 2. The second-order valence-corrected chi connectivity index (χ2v) is 8.85. The Labute approximate surface area is 171 Å². The van der Waals surface area contributed by atoms with Crippen LogP contribution in [0.4, 0.5) is 5.69 Å². The Balaban J connectivity index is 1.50. The number of carbonyl (C=O) groups excluding carboxylic acids is 2. The molecule has 6 nitrogen and oxygen atoms in total. The van der Waals surface area contributed by atoms with E-state index in [2.05, 4.69) is 10.4 Å². The predicted molar refractivity (Wildman–Crippen MR) is 110 cm³/mol. The lowest BCUT2D eigenvalue weighted by molar-refractivity contribution is -0.133. The quantitative estimate of drug-likeness (QED) is 0.865. The maximum atomic E-state index is 13.3. The van der Waals surface area contributed by atoms with Crippen molar-refractivity contribution >= 4 is 17.5 Å². The standard InChI is InChI=1S/C23H28N4O2/c1-26-15-17(14-24-26)21-23(18-8-4-5-9-19(18)25-22(23)29)12-13-27(21)20(28)11-10-16-6-2-3-7-16/h4-5,8-9,14-16,21H,2-3,6-7,10-13H2,1H3,(H,25,29). The smallest absolute Gasteiger partial charge is 0.237 e. The molecule has 1 N–H and O–H groups in total. The summed E-state index contributed by atoms with van der Waals surface area (Å²) < 4.78 is 1.75. The molecule has 1 aromatic heterocycles. The topological polar surface area (TPSA) is 67.2 Å². The lowest BCUT2D eigenvalue weighted by Crippen LogP contribution is -2.42. The molecule has 3 heterocycles. The highest BCUT2D eigenvalue weighted by Crippen LogP contribution is 2.54. The fourth-order valence-corrected chi connectivity index (χ4v) is 5.77. The molecule has 29 heavy (non-hydrogen) atoms. The van der Waals surface area contributed by atoms with Crippen LogP contribution in [0.1, 0.15) is 62.1 Å². The number of nitrogens with one attached hydrogen (secondary N) is 1. The van der Waals surface area contributed by atoms with Crippen LogP contribution in [0.3, 0.4) is 0 Å². The molecule has 2 atom stereocenters. The summed E-state index contributed by atoms with van der Waals surface area (Å²) in [7, 11) is 1.88. The van der Waals surface area contributed by atoms with E-state index in [1.54, 1.807) is 4.68 Å². The van der Waals surface area contributed by atoms with Crippen molar-refractivity contribution in [3.8, 4) is 0 Å². The highest BCUT2D eigenvalue weighted by atomic mass is 16.2. The summed E-state index contributed by atoms with van der Waals surface area (Å²) in [6.07, 6.45) is 11.0. The number of aromatic nitrogens is 2. The van der Waals surface area contributed by atoms with E-state index in [0.717, 1.165) is 23.2 Å². The second-order valence-electron chi connectivity index (χ2n) is 8.85. The molecule has 1 aliphatic carbocycles. The number of likely N-dealkylation sites (tertiary alicyclic amines) is 1. The number of anilines is 1. The number of amides is 2. The number of rotatable bonds is 4. The Morgan fingerprint density at radius 2 is 2.07 bits per heavy atom. The molecule has 1 saturated carbocycles. The molecule has 2 amide bonds. The molecular weight excluding hydrogens is 364 g/mol. The van der Waals surface area contributed by atoms with E-state index in [9.17, 15) is 9.59 Å². The third kappa shape index (κ3) is 2.88. The van der Waals surface area contributed by atoms with Gasteiger partial charge in [-0.3, -0.25) is 14.3 Å². The van der Waals surface area contributed by atoms with Gasteiger partial charge in [0, 0.05) is 37.5 Å². The Morgan fingerprint density at radius 1 is 1.28 bits per heavy atom. The van der Waals surface area contributed by atoms with Crippen molar-refractivity contribution in [3.63, 3.8) is 0 Å². The van der Waals surface area contributed by atoms with Gasteiger partial charge in [0.2, 0.25) is 11.8 Å². The van der Waals surface area contributed by atoms with Gasteiger partial charge in [-0.2, -0.15) is 5.10 Å². The van der Waals surface area contributed by atoms with Crippen LogP contribution in [-0.2, 0) is 22.1 Å². The molecule has 3 aliphatic rings. The monoisotopic (exact) mass is 392 g/mol. The number of aryl methyl sites for hydroxylation is 1. The molecule has 1 spiro atoms. The zero-order chi connectivity index (χ0) is 20.0. The van der Waals surface area contributed by atoms with Gasteiger partial charge < -0.3 is 10.2 Å². The Morgan fingerprint density at radius 3 is 2.83 bits per heavy atom. The third-order valence-corrected chi connectivity index (χ3v) is 7.19. The molecule has 1 saturated heterocycles. The van der Waals surface area contributed by atoms with E-state index in [0.29, 0.717) is 25.3 Å². The van der Waals surface area contributed by atoms with Gasteiger partial charge in [0.25, 0.3) is 0 Å². The average molecular weight is 393 g/mol. The first kappa shape index (κ1) is 18.4. The lowest BCUT2D eigenvalue weighted by Gasteiger charge is -2.33. The predicted octanol–water partition coefficient (Wildman–Crippen LogP) is 3.55. The zero-order valence-corrected chi connectivity index (χ0v) is 16.9. The van der Waals surface area contributed by atoms with Crippen molar-refractivity contribution in [2.24, 2.45) is 13.0 Å². The van der Waals surface area contributed by atoms with Gasteiger partial charge in [0.15, 0.2) is 0 Å². The molecular formula is C23H28N4O2. The molecule has 0 radical (unpaired) electrons. The van der Waals surface area contributed by atoms with Gasteiger partial charge in [-0.15, -0.1) is 0 Å². The normalized spacial score (nSPS) is 26.3. The molecule has 6 heteroatoms. The molecule has 2 aliphatic heterocycles. The maximum Gasteiger partial charge on any atom is 0.237 e. The summed E-state index contributed by atoms with van der Waals surface area (Å²) in [5, 5.41) is 7.42. The first-order valence-electron chi connectivity index (χ1n) is 10.8. The Bertz CT molecular complexity index is 946. The van der Waals surface area contributed by atoms with Gasteiger partial charge in [0.05, 0.1) is 12.2 Å². The van der Waals surface area contributed by atoms with Gasteiger partial charge in [-0.25, -0.2) is 0 Å². The van der Waals surface area contributed by atoms with Crippen LogP contribution >= 0.6 is 0 Å². The van der Waals surface area contributed by atoms with E-state index < -0.39 is 5.41 Å². The molecule has 0 bridgehead atoms. The maximum absolute atomic E-state index is 13.3. The molecule has 5 rings (SSSR count). The minimum Gasteiger partial charge on any atom is -0.334 e. The average Bonchev–Trinajstić information content (AvgIpc) is 3.49. The third-order valence-electron chi connectivity index (χ3n) is 7.19. The molecule has 2 fully saturated rings. The van der Waals surface area contributed by atoms with E-state index >= 15 is 0 Å².